The Balaban J connectivity index is 2.58. The molecule has 1 heterocycles. The number of methoxy groups -OCH3 is 1. The lowest BCUT2D eigenvalue weighted by atomic mass is 10.0. The van der Waals surface area contributed by atoms with Crippen LogP contribution in [0.25, 0.3) is 11.1 Å². The fourth-order valence-corrected chi connectivity index (χ4v) is 1.58. The molecular formula is C13H12N2O2. The molecule has 0 amide bonds. The van der Waals surface area contributed by atoms with Gasteiger partial charge >= 0.3 is 5.97 Å². The molecule has 0 radical (unpaired) electrons. The van der Waals surface area contributed by atoms with E-state index in [1.165, 1.54) is 7.11 Å². The van der Waals surface area contributed by atoms with E-state index in [2.05, 4.69) is 4.98 Å². The SMILES string of the molecule is COC(=O)c1nc(N)ccc1-c1ccccc1. The second-order valence-corrected chi connectivity index (χ2v) is 3.49. The van der Waals surface area contributed by atoms with Crippen molar-refractivity contribution in [3.8, 4) is 11.1 Å². The molecular weight excluding hydrogens is 216 g/mol. The topological polar surface area (TPSA) is 65.2 Å². The molecule has 0 atom stereocenters. The first-order valence-electron chi connectivity index (χ1n) is 5.12. The Bertz CT molecular complexity index is 538. The second kappa shape index (κ2) is 4.65. The summed E-state index contributed by atoms with van der Waals surface area (Å²) < 4.78 is 4.70. The number of anilines is 1. The van der Waals surface area contributed by atoms with Crippen molar-refractivity contribution in [2.24, 2.45) is 0 Å². The van der Waals surface area contributed by atoms with E-state index in [9.17, 15) is 4.79 Å². The van der Waals surface area contributed by atoms with Crippen molar-refractivity contribution in [3.05, 3.63) is 48.2 Å². The Morgan fingerprint density at radius 1 is 1.18 bits per heavy atom. The summed E-state index contributed by atoms with van der Waals surface area (Å²) in [6, 6.07) is 12.9. The van der Waals surface area contributed by atoms with E-state index in [1.54, 1.807) is 12.1 Å². The smallest absolute Gasteiger partial charge is 0.357 e. The maximum Gasteiger partial charge on any atom is 0.357 e. The van der Waals surface area contributed by atoms with Crippen molar-refractivity contribution in [1.29, 1.82) is 0 Å². The van der Waals surface area contributed by atoms with Crippen molar-refractivity contribution in [2.45, 2.75) is 0 Å². The normalized spacial score (nSPS) is 9.94. The number of carbonyl (C=O) groups is 1. The molecule has 0 bridgehead atoms. The first-order valence-corrected chi connectivity index (χ1v) is 5.12. The molecule has 0 saturated carbocycles. The number of aromatic nitrogens is 1. The Morgan fingerprint density at radius 2 is 1.88 bits per heavy atom. The summed E-state index contributed by atoms with van der Waals surface area (Å²) in [5.74, 6) is -0.193. The standard InChI is InChI=1S/C13H12N2O2/c1-17-13(16)12-10(7-8-11(14)15-12)9-5-3-2-4-6-9/h2-8H,1H3,(H2,14,15). The number of nitrogens with zero attached hydrogens (tertiary/aromatic N) is 1. The largest absolute Gasteiger partial charge is 0.464 e. The predicted molar refractivity (Wildman–Crippen MR) is 65.4 cm³/mol. The molecule has 2 rings (SSSR count). The average Bonchev–Trinajstić information content (AvgIpc) is 2.38. The monoisotopic (exact) mass is 228 g/mol. The average molecular weight is 228 g/mol. The van der Waals surface area contributed by atoms with Crippen LogP contribution in [0.2, 0.25) is 0 Å². The number of carbonyl (C=O) groups excluding carboxylic acids is 1. The lowest BCUT2D eigenvalue weighted by molar-refractivity contribution is 0.0595. The Morgan fingerprint density at radius 3 is 2.53 bits per heavy atom. The zero-order chi connectivity index (χ0) is 12.3. The summed E-state index contributed by atoms with van der Waals surface area (Å²) in [6.45, 7) is 0. The molecule has 4 heteroatoms. The fourth-order valence-electron chi connectivity index (χ4n) is 1.58. The fraction of sp³-hybridized carbons (Fsp3) is 0.0769. The molecule has 0 aliphatic carbocycles. The molecule has 0 saturated heterocycles. The molecule has 0 aliphatic rings. The van der Waals surface area contributed by atoms with E-state index in [4.69, 9.17) is 10.5 Å². The summed E-state index contributed by atoms with van der Waals surface area (Å²) >= 11 is 0. The van der Waals surface area contributed by atoms with Crippen LogP contribution in [0.15, 0.2) is 42.5 Å². The van der Waals surface area contributed by atoms with E-state index in [1.807, 2.05) is 30.3 Å². The van der Waals surface area contributed by atoms with Crippen LogP contribution in [-0.2, 0) is 4.74 Å². The van der Waals surface area contributed by atoms with Crippen LogP contribution in [-0.4, -0.2) is 18.1 Å². The first-order chi connectivity index (χ1) is 8.22. The minimum Gasteiger partial charge on any atom is -0.464 e. The van der Waals surface area contributed by atoms with Gasteiger partial charge in [0.2, 0.25) is 0 Å². The minimum absolute atomic E-state index is 0.235. The third-order valence-corrected chi connectivity index (χ3v) is 2.38. The van der Waals surface area contributed by atoms with Gasteiger partial charge < -0.3 is 10.5 Å². The second-order valence-electron chi connectivity index (χ2n) is 3.49. The van der Waals surface area contributed by atoms with Crippen LogP contribution >= 0.6 is 0 Å². The van der Waals surface area contributed by atoms with Gasteiger partial charge in [-0.15, -0.1) is 0 Å². The van der Waals surface area contributed by atoms with E-state index in [0.717, 1.165) is 5.56 Å². The van der Waals surface area contributed by atoms with Crippen molar-refractivity contribution in [3.63, 3.8) is 0 Å². The van der Waals surface area contributed by atoms with Gasteiger partial charge in [-0.1, -0.05) is 30.3 Å². The van der Waals surface area contributed by atoms with Crippen molar-refractivity contribution in [2.75, 3.05) is 12.8 Å². The summed E-state index contributed by atoms with van der Waals surface area (Å²) in [6.07, 6.45) is 0. The van der Waals surface area contributed by atoms with Gasteiger partial charge in [0.15, 0.2) is 5.69 Å². The molecule has 1 aromatic heterocycles. The highest BCUT2D eigenvalue weighted by atomic mass is 16.5. The Hall–Kier alpha value is -2.36. The summed E-state index contributed by atoms with van der Waals surface area (Å²) in [4.78, 5) is 15.6. The zero-order valence-corrected chi connectivity index (χ0v) is 9.38. The summed E-state index contributed by atoms with van der Waals surface area (Å²) in [5.41, 5.74) is 7.43. The van der Waals surface area contributed by atoms with E-state index in [0.29, 0.717) is 11.4 Å². The molecule has 86 valence electrons. The number of hydrogen-bond donors (Lipinski definition) is 1. The van der Waals surface area contributed by atoms with Gasteiger partial charge in [-0.05, 0) is 17.7 Å². The predicted octanol–water partition coefficient (Wildman–Crippen LogP) is 2.12. The third kappa shape index (κ3) is 2.25. The van der Waals surface area contributed by atoms with Crippen LogP contribution in [0, 0.1) is 0 Å². The maximum absolute atomic E-state index is 11.6. The van der Waals surface area contributed by atoms with Crippen LogP contribution < -0.4 is 5.73 Å². The van der Waals surface area contributed by atoms with Gasteiger partial charge in [0.25, 0.3) is 0 Å². The number of rotatable bonds is 2. The Labute approximate surface area is 99.1 Å². The molecule has 4 nitrogen and oxygen atoms in total. The lowest BCUT2D eigenvalue weighted by Gasteiger charge is -2.07. The number of ether oxygens (including phenoxy) is 1. The van der Waals surface area contributed by atoms with E-state index >= 15 is 0 Å². The number of esters is 1. The van der Waals surface area contributed by atoms with Crippen LogP contribution in [0.5, 0.6) is 0 Å². The van der Waals surface area contributed by atoms with Crippen LogP contribution in [0.3, 0.4) is 0 Å². The lowest BCUT2D eigenvalue weighted by Crippen LogP contribution is -2.08. The highest BCUT2D eigenvalue weighted by Gasteiger charge is 2.15. The quantitative estimate of drug-likeness (QED) is 0.799. The van der Waals surface area contributed by atoms with Gasteiger partial charge in [0, 0.05) is 5.56 Å². The molecule has 0 aliphatic heterocycles. The van der Waals surface area contributed by atoms with E-state index < -0.39 is 5.97 Å². The van der Waals surface area contributed by atoms with Crippen LogP contribution in [0.4, 0.5) is 5.82 Å². The molecule has 2 aromatic rings. The zero-order valence-electron chi connectivity index (χ0n) is 9.38. The molecule has 1 aromatic carbocycles. The molecule has 0 spiro atoms. The van der Waals surface area contributed by atoms with Gasteiger partial charge in [-0.25, -0.2) is 9.78 Å². The van der Waals surface area contributed by atoms with Crippen molar-refractivity contribution >= 4 is 11.8 Å². The highest BCUT2D eigenvalue weighted by Crippen LogP contribution is 2.23. The number of benzene rings is 1. The van der Waals surface area contributed by atoms with E-state index in [-0.39, 0.29) is 5.69 Å². The maximum atomic E-state index is 11.6. The highest BCUT2D eigenvalue weighted by molar-refractivity contribution is 5.95. The molecule has 17 heavy (non-hydrogen) atoms. The first kappa shape index (κ1) is 11.1. The van der Waals surface area contributed by atoms with Gasteiger partial charge in [-0.2, -0.15) is 0 Å². The number of pyridine rings is 1. The van der Waals surface area contributed by atoms with Gasteiger partial charge in [0.1, 0.15) is 5.82 Å². The van der Waals surface area contributed by atoms with Crippen molar-refractivity contribution < 1.29 is 9.53 Å². The molecule has 0 unspecified atom stereocenters. The minimum atomic E-state index is -0.490. The Kier molecular flexibility index (Phi) is 3.05. The third-order valence-electron chi connectivity index (χ3n) is 2.38. The summed E-state index contributed by atoms with van der Waals surface area (Å²) in [5, 5.41) is 0. The van der Waals surface area contributed by atoms with Crippen molar-refractivity contribution in [1.82, 2.24) is 4.98 Å². The molecule has 0 fully saturated rings. The van der Waals surface area contributed by atoms with Gasteiger partial charge in [-0.3, -0.25) is 0 Å². The van der Waals surface area contributed by atoms with Gasteiger partial charge in [0.05, 0.1) is 7.11 Å². The summed E-state index contributed by atoms with van der Waals surface area (Å²) in [7, 11) is 1.32. The number of nitrogens with two attached hydrogens (primary N) is 1. The number of hydrogen-bond acceptors (Lipinski definition) is 4. The molecule has 2 N–H and O–H groups in total. The number of nitrogen functional groups attached to an aromatic ring is 1. The van der Waals surface area contributed by atoms with Crippen LogP contribution in [0.1, 0.15) is 10.5 Å².